The zero-order valence-electron chi connectivity index (χ0n) is 25.3. The number of hydrogen-bond acceptors (Lipinski definition) is 6. The number of benzene rings is 3. The van der Waals surface area contributed by atoms with Crippen molar-refractivity contribution in [1.82, 2.24) is 0 Å². The van der Waals surface area contributed by atoms with Crippen molar-refractivity contribution in [3.63, 3.8) is 0 Å². The van der Waals surface area contributed by atoms with E-state index >= 15 is 0 Å². The van der Waals surface area contributed by atoms with Gasteiger partial charge in [-0.15, -0.1) is 0 Å². The lowest BCUT2D eigenvalue weighted by molar-refractivity contribution is 0.0580. The Labute approximate surface area is 238 Å². The molecule has 0 saturated carbocycles. The van der Waals surface area contributed by atoms with Gasteiger partial charge in [0.2, 0.25) is 0 Å². The van der Waals surface area contributed by atoms with E-state index in [-0.39, 0.29) is 0 Å². The van der Waals surface area contributed by atoms with Crippen molar-refractivity contribution in [3.05, 3.63) is 82.9 Å². The number of hydrogen-bond donors (Lipinski definition) is 2. The van der Waals surface area contributed by atoms with Gasteiger partial charge in [-0.3, -0.25) is 10.9 Å². The predicted molar refractivity (Wildman–Crippen MR) is 163 cm³/mol. The minimum absolute atomic E-state index is 0.478. The molecule has 0 radical (unpaired) electrons. The van der Waals surface area contributed by atoms with Crippen LogP contribution in [0.1, 0.15) is 63.8 Å². The van der Waals surface area contributed by atoms with Crippen LogP contribution in [0.2, 0.25) is 0 Å². The molecule has 0 spiro atoms. The highest BCUT2D eigenvalue weighted by Gasteiger charge is 2.28. The third-order valence-electron chi connectivity index (χ3n) is 5.91. The van der Waals surface area contributed by atoms with Crippen molar-refractivity contribution in [1.29, 1.82) is 0 Å². The van der Waals surface area contributed by atoms with Gasteiger partial charge in [-0.05, 0) is 110 Å². The van der Waals surface area contributed by atoms with Crippen LogP contribution in [0.3, 0.4) is 0 Å². The highest BCUT2D eigenvalue weighted by atomic mass is 16.6. The molecular formula is C32H42N4O4. The van der Waals surface area contributed by atoms with Crippen molar-refractivity contribution in [2.45, 2.75) is 80.4 Å². The number of carbonyl (C=O) groups is 2. The third kappa shape index (κ3) is 7.91. The van der Waals surface area contributed by atoms with Gasteiger partial charge < -0.3 is 9.47 Å². The molecule has 40 heavy (non-hydrogen) atoms. The maximum Gasteiger partial charge on any atom is 0.433 e. The summed E-state index contributed by atoms with van der Waals surface area (Å²) in [6.07, 6.45) is -1.17. The highest BCUT2D eigenvalue weighted by Crippen LogP contribution is 2.30. The zero-order valence-corrected chi connectivity index (χ0v) is 25.3. The monoisotopic (exact) mass is 546 g/mol. The van der Waals surface area contributed by atoms with Gasteiger partial charge in [0.25, 0.3) is 0 Å². The number of nitrogens with one attached hydrogen (secondary N) is 2. The number of anilines is 4. The average Bonchev–Trinajstić information content (AvgIpc) is 2.81. The van der Waals surface area contributed by atoms with Gasteiger partial charge in [0, 0.05) is 0 Å². The molecule has 0 heterocycles. The summed E-state index contributed by atoms with van der Waals surface area (Å²) in [5.74, 6) is 0. The van der Waals surface area contributed by atoms with E-state index in [1.807, 2.05) is 106 Å². The number of ether oxygens (including phenoxy) is 2. The van der Waals surface area contributed by atoms with E-state index in [0.29, 0.717) is 11.4 Å². The fourth-order valence-electron chi connectivity index (χ4n) is 4.02. The first kappa shape index (κ1) is 30.3. The Hall–Kier alpha value is -4.20. The van der Waals surface area contributed by atoms with Gasteiger partial charge in [-0.1, -0.05) is 42.5 Å². The standard InChI is InChI=1S/C32H42N4O4/c1-21-14-11-15-22(2)27(21)33-35(29(37)39-31(5,6)7)25-18-13-19-26(20-25)36(30(38)40-32(8,9)10)34-28-23(3)16-12-17-24(28)4/h11-20,33-34H,1-10H3. The second-order valence-electron chi connectivity index (χ2n) is 11.9. The first-order valence-electron chi connectivity index (χ1n) is 13.4. The van der Waals surface area contributed by atoms with Gasteiger partial charge in [0.05, 0.1) is 22.7 Å². The Morgan fingerprint density at radius 1 is 0.575 bits per heavy atom. The van der Waals surface area contributed by atoms with Gasteiger partial charge in [0.15, 0.2) is 0 Å². The van der Waals surface area contributed by atoms with Crippen LogP contribution in [0.5, 0.6) is 0 Å². The predicted octanol–water partition coefficient (Wildman–Crippen LogP) is 8.46. The van der Waals surface area contributed by atoms with Gasteiger partial charge in [0.1, 0.15) is 11.2 Å². The Morgan fingerprint density at radius 2 is 0.875 bits per heavy atom. The van der Waals surface area contributed by atoms with Crippen molar-refractivity contribution in [2.24, 2.45) is 0 Å². The van der Waals surface area contributed by atoms with Crippen LogP contribution < -0.4 is 20.9 Å². The van der Waals surface area contributed by atoms with E-state index in [4.69, 9.17) is 9.47 Å². The lowest BCUT2D eigenvalue weighted by Crippen LogP contribution is -2.42. The maximum absolute atomic E-state index is 13.5. The quantitative estimate of drug-likeness (QED) is 0.302. The molecule has 0 aliphatic rings. The van der Waals surface area contributed by atoms with Crippen molar-refractivity contribution >= 4 is 34.9 Å². The molecule has 8 nitrogen and oxygen atoms in total. The number of aryl methyl sites for hydroxylation is 4. The summed E-state index contributed by atoms with van der Waals surface area (Å²) in [4.78, 5) is 27.0. The molecule has 8 heteroatoms. The van der Waals surface area contributed by atoms with E-state index in [2.05, 4.69) is 10.9 Å². The van der Waals surface area contributed by atoms with Crippen molar-refractivity contribution < 1.29 is 19.1 Å². The van der Waals surface area contributed by atoms with Crippen molar-refractivity contribution in [2.75, 3.05) is 20.9 Å². The average molecular weight is 547 g/mol. The molecule has 0 aromatic heterocycles. The maximum atomic E-state index is 13.5. The Morgan fingerprint density at radius 3 is 1.18 bits per heavy atom. The largest absolute Gasteiger partial charge is 0.442 e. The van der Waals surface area contributed by atoms with E-state index < -0.39 is 23.4 Å². The first-order chi connectivity index (χ1) is 18.6. The molecule has 2 N–H and O–H groups in total. The molecule has 0 fully saturated rings. The molecule has 0 unspecified atom stereocenters. The topological polar surface area (TPSA) is 83.1 Å². The van der Waals surface area contributed by atoms with Crippen LogP contribution in [-0.4, -0.2) is 23.4 Å². The summed E-state index contributed by atoms with van der Waals surface area (Å²) < 4.78 is 11.5. The minimum atomic E-state index is -0.720. The minimum Gasteiger partial charge on any atom is -0.442 e. The first-order valence-corrected chi connectivity index (χ1v) is 13.4. The summed E-state index contributed by atoms with van der Waals surface area (Å²) in [7, 11) is 0. The van der Waals surface area contributed by atoms with Gasteiger partial charge in [-0.2, -0.15) is 10.0 Å². The molecule has 0 bridgehead atoms. The zero-order chi connectivity index (χ0) is 29.8. The summed E-state index contributed by atoms with van der Waals surface area (Å²) in [5.41, 5.74) is 11.5. The van der Waals surface area contributed by atoms with Crippen LogP contribution in [0, 0.1) is 27.7 Å². The SMILES string of the molecule is Cc1cccc(C)c1NN(C(=O)OC(C)(C)C)c1cccc(N(Nc2c(C)cccc2C)C(=O)OC(C)(C)C)c1. The van der Waals surface area contributed by atoms with Gasteiger partial charge in [-0.25, -0.2) is 9.59 Å². The number of amides is 2. The smallest absolute Gasteiger partial charge is 0.433 e. The number of carbonyl (C=O) groups excluding carboxylic acids is 2. The van der Waals surface area contributed by atoms with E-state index in [1.54, 1.807) is 24.3 Å². The highest BCUT2D eigenvalue weighted by molar-refractivity contribution is 5.95. The molecular weight excluding hydrogens is 504 g/mol. The van der Waals surface area contributed by atoms with Crippen LogP contribution >= 0.6 is 0 Å². The van der Waals surface area contributed by atoms with Crippen LogP contribution in [0.15, 0.2) is 60.7 Å². The fraction of sp³-hybridized carbons (Fsp3) is 0.375. The van der Waals surface area contributed by atoms with E-state index in [9.17, 15) is 9.59 Å². The molecule has 0 saturated heterocycles. The van der Waals surface area contributed by atoms with E-state index in [1.165, 1.54) is 10.0 Å². The lowest BCUT2D eigenvalue weighted by Gasteiger charge is -2.31. The van der Waals surface area contributed by atoms with Gasteiger partial charge >= 0.3 is 12.2 Å². The summed E-state index contributed by atoms with van der Waals surface area (Å²) in [6.45, 7) is 18.8. The second kappa shape index (κ2) is 11.9. The van der Waals surface area contributed by atoms with Crippen LogP contribution in [-0.2, 0) is 9.47 Å². The number of para-hydroxylation sites is 2. The molecule has 3 aromatic carbocycles. The summed E-state index contributed by atoms with van der Waals surface area (Å²) >= 11 is 0. The molecule has 214 valence electrons. The number of rotatable bonds is 6. The third-order valence-corrected chi connectivity index (χ3v) is 5.91. The molecule has 3 rings (SSSR count). The Kier molecular flexibility index (Phi) is 9.03. The summed E-state index contributed by atoms with van der Waals surface area (Å²) in [6, 6.07) is 18.9. The normalized spacial score (nSPS) is 11.4. The Bertz CT molecular complexity index is 1230. The second-order valence-corrected chi connectivity index (χ2v) is 11.9. The molecule has 0 aliphatic heterocycles. The van der Waals surface area contributed by atoms with E-state index in [0.717, 1.165) is 33.6 Å². The van der Waals surface area contributed by atoms with Crippen LogP contribution in [0.4, 0.5) is 32.3 Å². The molecule has 0 atom stereocenters. The number of nitrogens with zero attached hydrogens (tertiary/aromatic N) is 2. The number of hydrazine groups is 2. The van der Waals surface area contributed by atoms with Crippen molar-refractivity contribution in [3.8, 4) is 0 Å². The fourth-order valence-corrected chi connectivity index (χ4v) is 4.02. The molecule has 0 aliphatic carbocycles. The molecule has 3 aromatic rings. The lowest BCUT2D eigenvalue weighted by atomic mass is 10.1. The summed E-state index contributed by atoms with van der Waals surface area (Å²) in [5, 5.41) is 2.72. The molecule has 2 amide bonds. The van der Waals surface area contributed by atoms with Crippen LogP contribution in [0.25, 0.3) is 0 Å². The Balaban J connectivity index is 2.11.